The normalized spacial score (nSPS) is 44.5. The van der Waals surface area contributed by atoms with Crippen LogP contribution in [0.1, 0.15) is 101 Å². The summed E-state index contributed by atoms with van der Waals surface area (Å²) in [5, 5.41) is 10.9. The van der Waals surface area contributed by atoms with Gasteiger partial charge in [0.2, 0.25) is 0 Å². The number of rotatable bonds is 8. The molecule has 0 amide bonds. The van der Waals surface area contributed by atoms with Crippen molar-refractivity contribution >= 4 is 17.7 Å². The molecule has 1 aliphatic heterocycles. The number of hydrogen-bond acceptors (Lipinski definition) is 7. The third-order valence-electron chi connectivity index (χ3n) is 15.1. The van der Waals surface area contributed by atoms with Gasteiger partial charge in [0, 0.05) is 28.7 Å². The minimum atomic E-state index is -1.04. The predicted octanol–water partition coefficient (Wildman–Crippen LogP) is 6.41. The summed E-state index contributed by atoms with van der Waals surface area (Å²) in [7, 11) is 4.08. The molecule has 3 saturated carbocycles. The zero-order valence-electron chi connectivity index (χ0n) is 30.6. The molecule has 0 unspecified atom stereocenters. The summed E-state index contributed by atoms with van der Waals surface area (Å²) in [6.45, 7) is 22.2. The fourth-order valence-corrected chi connectivity index (χ4v) is 11.4. The summed E-state index contributed by atoms with van der Waals surface area (Å²) in [4.78, 5) is 42.9. The number of likely N-dealkylation sites (N-methyl/N-ethyl adjacent to an activating group) is 1. The van der Waals surface area contributed by atoms with Gasteiger partial charge in [-0.1, -0.05) is 54.0 Å². The van der Waals surface area contributed by atoms with Crippen LogP contribution in [0.5, 0.6) is 0 Å². The van der Waals surface area contributed by atoms with Crippen molar-refractivity contribution in [2.75, 3.05) is 33.9 Å². The zero-order chi connectivity index (χ0) is 34.4. The number of aliphatic carboxylic acids is 1. The first-order valence-corrected chi connectivity index (χ1v) is 17.7. The monoisotopic (exact) mass is 643 g/mol. The van der Waals surface area contributed by atoms with Gasteiger partial charge in [-0.25, -0.2) is 0 Å². The first-order chi connectivity index (χ1) is 21.1. The quantitative estimate of drug-likeness (QED) is 0.303. The van der Waals surface area contributed by atoms with Crippen LogP contribution in [0.3, 0.4) is 0 Å². The average Bonchev–Trinajstić information content (AvgIpc) is 2.93. The first kappa shape index (κ1) is 35.5. The van der Waals surface area contributed by atoms with Gasteiger partial charge in [-0.2, -0.15) is 0 Å². The van der Waals surface area contributed by atoms with E-state index in [2.05, 4.69) is 60.3 Å². The number of fused-ring (bicyclic) bond motifs is 3. The summed E-state index contributed by atoms with van der Waals surface area (Å²) >= 11 is 0. The molecule has 8 nitrogen and oxygen atoms in total. The Bertz CT molecular complexity index is 1290. The third kappa shape index (κ3) is 4.80. The second kappa shape index (κ2) is 11.4. The molecule has 4 aliphatic carbocycles. The van der Waals surface area contributed by atoms with Crippen molar-refractivity contribution in [1.29, 1.82) is 0 Å². The van der Waals surface area contributed by atoms with E-state index >= 15 is 0 Å². The summed E-state index contributed by atoms with van der Waals surface area (Å²) in [5.74, 6) is -1.37. The average molecular weight is 644 g/mol. The standard InChI is InChI=1S/C38H61NO7/c1-22(2)23(3)34(7)15-16-36(9)25-13-14-28-35(8)20-44-21-38(28,26(25)17-29(41)37(36,10)30(34)32(42)43)18-27(46-24(4)40)31(35)45-19-33(5,6)39(11)12/h17,22-23,25,27-28,30-31H,13-16,18-21H2,1-12H3,(H,42,43)/t23-,25+,27-,28+,30-,31+,34-,35-,36-,37+,38+/m1/s1. The van der Waals surface area contributed by atoms with Crippen LogP contribution in [-0.4, -0.2) is 79.4 Å². The number of carboxylic acids is 1. The first-order valence-electron chi connectivity index (χ1n) is 17.7. The Morgan fingerprint density at radius 2 is 1.74 bits per heavy atom. The molecule has 0 aromatic heterocycles. The SMILES string of the molecule is CC(=O)O[C@@H]1C[C@@]23COC[C@](C)([C@@H]2CC[C@H]2C3=CC(=O)[C@@]3(C)[C@H](C(=O)O)[C@@](C)([C@H](C)C(C)C)CC[C@]23C)[C@H]1OCC(C)(C)N(C)C. The van der Waals surface area contributed by atoms with Crippen LogP contribution in [0.15, 0.2) is 11.6 Å². The molecule has 1 heterocycles. The molecule has 5 aliphatic rings. The van der Waals surface area contributed by atoms with Crippen LogP contribution in [0, 0.1) is 56.7 Å². The van der Waals surface area contributed by atoms with Crippen molar-refractivity contribution in [3.8, 4) is 0 Å². The van der Waals surface area contributed by atoms with E-state index in [-0.39, 0.29) is 41.1 Å². The second-order valence-corrected chi connectivity index (χ2v) is 18.0. The van der Waals surface area contributed by atoms with E-state index in [1.807, 2.05) is 27.1 Å². The van der Waals surface area contributed by atoms with Gasteiger partial charge in [0.15, 0.2) is 5.78 Å². The highest BCUT2D eigenvalue weighted by Gasteiger charge is 2.74. The second-order valence-electron chi connectivity index (χ2n) is 18.0. The predicted molar refractivity (Wildman–Crippen MR) is 177 cm³/mol. The van der Waals surface area contributed by atoms with Gasteiger partial charge in [0.1, 0.15) is 12.2 Å². The minimum Gasteiger partial charge on any atom is -0.481 e. The molecule has 1 N–H and O–H groups in total. The smallest absolute Gasteiger partial charge is 0.308 e. The minimum absolute atomic E-state index is 0.0428. The number of hydrogen-bond donors (Lipinski definition) is 1. The number of carbonyl (C=O) groups excluding carboxylic acids is 2. The Balaban J connectivity index is 1.62. The molecule has 2 bridgehead atoms. The number of nitrogens with zero attached hydrogens (tertiary/aromatic N) is 1. The maximum Gasteiger partial charge on any atom is 0.308 e. The van der Waals surface area contributed by atoms with Crippen molar-refractivity contribution in [3.05, 3.63) is 11.6 Å². The van der Waals surface area contributed by atoms with Crippen LogP contribution in [-0.2, 0) is 28.6 Å². The number of esters is 1. The van der Waals surface area contributed by atoms with Crippen LogP contribution < -0.4 is 0 Å². The fraction of sp³-hybridized carbons (Fsp3) is 0.868. The molecule has 5 rings (SSSR count). The molecule has 4 fully saturated rings. The van der Waals surface area contributed by atoms with E-state index in [1.54, 1.807) is 0 Å². The number of allylic oxidation sites excluding steroid dienone is 1. The summed E-state index contributed by atoms with van der Waals surface area (Å²) < 4.78 is 19.4. The molecule has 0 aromatic carbocycles. The van der Waals surface area contributed by atoms with Crippen LogP contribution >= 0.6 is 0 Å². The van der Waals surface area contributed by atoms with Crippen LogP contribution in [0.2, 0.25) is 0 Å². The molecule has 0 radical (unpaired) electrons. The lowest BCUT2D eigenvalue weighted by Crippen LogP contribution is -2.71. The van der Waals surface area contributed by atoms with Gasteiger partial charge in [-0.15, -0.1) is 0 Å². The van der Waals surface area contributed by atoms with Crippen LogP contribution in [0.4, 0.5) is 0 Å². The molecular weight excluding hydrogens is 582 g/mol. The topological polar surface area (TPSA) is 102 Å². The van der Waals surface area contributed by atoms with Crippen molar-refractivity contribution in [2.45, 2.75) is 119 Å². The molecule has 0 spiro atoms. The lowest BCUT2D eigenvalue weighted by molar-refractivity contribution is -0.269. The van der Waals surface area contributed by atoms with Gasteiger partial charge in [0.25, 0.3) is 0 Å². The fourth-order valence-electron chi connectivity index (χ4n) is 11.4. The molecular formula is C38H61NO7. The Morgan fingerprint density at radius 3 is 2.30 bits per heavy atom. The van der Waals surface area contributed by atoms with E-state index in [9.17, 15) is 19.5 Å². The van der Waals surface area contributed by atoms with Gasteiger partial charge in [-0.3, -0.25) is 14.4 Å². The number of ketones is 1. The maximum absolute atomic E-state index is 14.8. The molecule has 8 heteroatoms. The number of carbonyl (C=O) groups is 3. The molecule has 0 aromatic rings. The van der Waals surface area contributed by atoms with Crippen molar-refractivity contribution in [3.63, 3.8) is 0 Å². The van der Waals surface area contributed by atoms with E-state index in [1.165, 1.54) is 6.92 Å². The summed E-state index contributed by atoms with van der Waals surface area (Å²) in [5.41, 5.74) is -2.12. The Kier molecular flexibility index (Phi) is 8.81. The lowest BCUT2D eigenvalue weighted by atomic mass is 9.34. The lowest BCUT2D eigenvalue weighted by Gasteiger charge is -2.70. The van der Waals surface area contributed by atoms with E-state index in [4.69, 9.17) is 14.2 Å². The highest BCUT2D eigenvalue weighted by molar-refractivity contribution is 6.00. The largest absolute Gasteiger partial charge is 0.481 e. The van der Waals surface area contributed by atoms with E-state index in [0.29, 0.717) is 32.2 Å². The molecule has 1 saturated heterocycles. The van der Waals surface area contributed by atoms with Crippen LogP contribution in [0.25, 0.3) is 0 Å². The molecule has 11 atom stereocenters. The maximum atomic E-state index is 14.8. The highest BCUT2D eigenvalue weighted by Crippen LogP contribution is 2.74. The third-order valence-corrected chi connectivity index (χ3v) is 15.1. The molecule has 260 valence electrons. The van der Waals surface area contributed by atoms with Crippen molar-refractivity contribution in [1.82, 2.24) is 4.90 Å². The Hall–Kier alpha value is -1.77. The van der Waals surface area contributed by atoms with Gasteiger partial charge in [0.05, 0.1) is 25.7 Å². The zero-order valence-corrected chi connectivity index (χ0v) is 30.6. The molecule has 46 heavy (non-hydrogen) atoms. The van der Waals surface area contributed by atoms with Crippen molar-refractivity contribution < 1.29 is 33.7 Å². The summed E-state index contributed by atoms with van der Waals surface area (Å²) in [6.07, 6.45) is 4.95. The summed E-state index contributed by atoms with van der Waals surface area (Å²) in [6, 6.07) is 0. The van der Waals surface area contributed by atoms with Gasteiger partial charge in [-0.05, 0) is 101 Å². The van der Waals surface area contributed by atoms with Gasteiger partial charge >= 0.3 is 11.9 Å². The highest BCUT2D eigenvalue weighted by atomic mass is 16.6. The van der Waals surface area contributed by atoms with Crippen molar-refractivity contribution in [2.24, 2.45) is 56.7 Å². The van der Waals surface area contributed by atoms with E-state index in [0.717, 1.165) is 31.3 Å². The Morgan fingerprint density at radius 1 is 1.09 bits per heavy atom. The van der Waals surface area contributed by atoms with Gasteiger partial charge < -0.3 is 24.2 Å². The Labute approximate surface area is 277 Å². The number of carboxylic acid groups (broad SMARTS) is 1. The number of ether oxygens (including phenoxy) is 3. The van der Waals surface area contributed by atoms with E-state index < -0.39 is 45.1 Å².